The van der Waals surface area contributed by atoms with E-state index in [1.165, 1.54) is 37.7 Å². The quantitative estimate of drug-likeness (QED) is 0.307. The zero-order valence-electron chi connectivity index (χ0n) is 24.5. The number of piperidine rings is 1. The molecule has 0 unspecified atom stereocenters. The van der Waals surface area contributed by atoms with Crippen molar-refractivity contribution in [3.63, 3.8) is 0 Å². The zero-order chi connectivity index (χ0) is 28.5. The maximum absolute atomic E-state index is 13.3. The highest BCUT2D eigenvalue weighted by Gasteiger charge is 2.29. The Bertz CT molecular complexity index is 1200. The van der Waals surface area contributed by atoms with Gasteiger partial charge in [-0.25, -0.2) is 8.42 Å². The van der Waals surface area contributed by atoms with Crippen LogP contribution >= 0.6 is 0 Å². The van der Waals surface area contributed by atoms with Crippen molar-refractivity contribution in [2.24, 2.45) is 5.92 Å². The van der Waals surface area contributed by atoms with Crippen molar-refractivity contribution in [2.45, 2.75) is 90.6 Å². The van der Waals surface area contributed by atoms with E-state index in [-0.39, 0.29) is 0 Å². The van der Waals surface area contributed by atoms with Gasteiger partial charge < -0.3 is 9.64 Å². The Labute approximate surface area is 241 Å². The van der Waals surface area contributed by atoms with E-state index < -0.39 is 10.0 Å². The number of rotatable bonds is 12. The molecule has 1 saturated carbocycles. The average Bonchev–Trinajstić information content (AvgIpc) is 2.92. The van der Waals surface area contributed by atoms with Crippen LogP contribution in [0.2, 0.25) is 0 Å². The lowest BCUT2D eigenvalue weighted by Gasteiger charge is -2.39. The predicted molar refractivity (Wildman–Crippen MR) is 162 cm³/mol. The smallest absolute Gasteiger partial charge is 0.229 e. The molecule has 8 heteroatoms. The summed E-state index contributed by atoms with van der Waals surface area (Å²) in [5.74, 6) is 2.43. The molecule has 220 valence electrons. The fourth-order valence-corrected chi connectivity index (χ4v) is 6.63. The van der Waals surface area contributed by atoms with Crippen molar-refractivity contribution in [3.8, 4) is 11.5 Å². The van der Waals surface area contributed by atoms with E-state index in [0.717, 1.165) is 75.9 Å². The highest BCUT2D eigenvalue weighted by Crippen LogP contribution is 2.30. The molecule has 0 atom stereocenters. The topological polar surface area (TPSA) is 79.0 Å². The number of likely N-dealkylation sites (tertiary alicyclic amines) is 1. The summed E-state index contributed by atoms with van der Waals surface area (Å²) in [7, 11) is -3.32. The van der Waals surface area contributed by atoms with E-state index in [1.54, 1.807) is 18.2 Å². The molecule has 0 spiro atoms. The molecular weight excluding hydrogens is 522 g/mol. The minimum atomic E-state index is -3.32. The molecular formula is C32H47N3O4S. The monoisotopic (exact) mass is 569 g/mol. The largest absolute Gasteiger partial charge is 0.457 e. The van der Waals surface area contributed by atoms with Crippen LogP contribution < -0.4 is 9.46 Å². The normalized spacial score (nSPS) is 17.5. The molecule has 40 heavy (non-hydrogen) atoms. The summed E-state index contributed by atoms with van der Waals surface area (Å²) >= 11 is 0. The Hall–Kier alpha value is -2.58. The van der Waals surface area contributed by atoms with Crippen LogP contribution in [0.3, 0.4) is 0 Å². The fourth-order valence-electron chi connectivity index (χ4n) is 6.07. The lowest BCUT2D eigenvalue weighted by Crippen LogP contribution is -2.48. The van der Waals surface area contributed by atoms with E-state index in [2.05, 4.69) is 33.6 Å². The van der Waals surface area contributed by atoms with Gasteiger partial charge in [-0.15, -0.1) is 0 Å². The van der Waals surface area contributed by atoms with Gasteiger partial charge in [-0.3, -0.25) is 14.4 Å². The van der Waals surface area contributed by atoms with E-state index >= 15 is 0 Å². The Morgan fingerprint density at radius 1 is 1.02 bits per heavy atom. The number of aryl methyl sites for hydroxylation is 1. The maximum atomic E-state index is 13.3. The Morgan fingerprint density at radius 3 is 2.35 bits per heavy atom. The van der Waals surface area contributed by atoms with Crippen molar-refractivity contribution in [1.29, 1.82) is 0 Å². The fraction of sp³-hybridized carbons (Fsp3) is 0.594. The number of carbonyl (C=O) groups is 1. The Balaban J connectivity index is 1.27. The first-order chi connectivity index (χ1) is 19.2. The maximum Gasteiger partial charge on any atom is 0.229 e. The first-order valence-corrected chi connectivity index (χ1v) is 17.0. The van der Waals surface area contributed by atoms with E-state index in [9.17, 15) is 13.2 Å². The third kappa shape index (κ3) is 9.23. The SMILES string of the molecule is CCCCN(C(=O)CC1CCCCC1)C1CCN(Cc2ccc(Oc3ccc(NS(C)(=O)=O)cc3C)cc2)CC1. The van der Waals surface area contributed by atoms with Gasteiger partial charge in [0.05, 0.1) is 6.26 Å². The van der Waals surface area contributed by atoms with Crippen LogP contribution in [0.4, 0.5) is 5.69 Å². The zero-order valence-corrected chi connectivity index (χ0v) is 25.3. The number of nitrogens with one attached hydrogen (secondary N) is 1. The van der Waals surface area contributed by atoms with Gasteiger partial charge in [-0.2, -0.15) is 0 Å². The van der Waals surface area contributed by atoms with E-state index in [1.807, 2.05) is 19.1 Å². The van der Waals surface area contributed by atoms with Crippen LogP contribution in [0.15, 0.2) is 42.5 Å². The van der Waals surface area contributed by atoms with Crippen molar-refractivity contribution >= 4 is 21.6 Å². The summed E-state index contributed by atoms with van der Waals surface area (Å²) in [6.07, 6.45) is 12.6. The van der Waals surface area contributed by atoms with Gasteiger partial charge in [-0.1, -0.05) is 44.7 Å². The molecule has 2 aliphatic rings. The van der Waals surface area contributed by atoms with Crippen LogP contribution in [0.1, 0.15) is 82.3 Å². The molecule has 0 radical (unpaired) electrons. The minimum absolute atomic E-state index is 0.372. The number of hydrogen-bond acceptors (Lipinski definition) is 5. The van der Waals surface area contributed by atoms with Gasteiger partial charge in [0.1, 0.15) is 11.5 Å². The van der Waals surface area contributed by atoms with Gasteiger partial charge in [0.2, 0.25) is 15.9 Å². The first-order valence-electron chi connectivity index (χ1n) is 15.1. The highest BCUT2D eigenvalue weighted by atomic mass is 32.2. The van der Waals surface area contributed by atoms with Gasteiger partial charge in [0, 0.05) is 44.3 Å². The van der Waals surface area contributed by atoms with Gasteiger partial charge >= 0.3 is 0 Å². The number of ether oxygens (including phenoxy) is 1. The average molecular weight is 570 g/mol. The molecule has 1 N–H and O–H groups in total. The molecule has 0 bridgehead atoms. The Morgan fingerprint density at radius 2 is 1.73 bits per heavy atom. The van der Waals surface area contributed by atoms with Crippen LogP contribution in [0.25, 0.3) is 0 Å². The molecule has 2 aromatic carbocycles. The summed E-state index contributed by atoms with van der Waals surface area (Å²) in [6.45, 7) is 7.92. The summed E-state index contributed by atoms with van der Waals surface area (Å²) in [5.41, 5.74) is 2.62. The van der Waals surface area contributed by atoms with Crippen molar-refractivity contribution in [1.82, 2.24) is 9.80 Å². The second-order valence-electron chi connectivity index (χ2n) is 11.8. The van der Waals surface area contributed by atoms with Crippen LogP contribution in [0.5, 0.6) is 11.5 Å². The minimum Gasteiger partial charge on any atom is -0.457 e. The van der Waals surface area contributed by atoms with Gasteiger partial charge in [0.15, 0.2) is 0 Å². The van der Waals surface area contributed by atoms with Crippen LogP contribution in [0, 0.1) is 12.8 Å². The Kier molecular flexibility index (Phi) is 10.9. The standard InChI is InChI=1S/C32H47N3O4S/c1-4-5-19-35(32(36)23-26-9-7-6-8-10-26)29-17-20-34(21-18-29)24-27-11-14-30(15-12-27)39-31-16-13-28(22-25(31)2)33-40(3,37)38/h11-16,22,26,29,33H,4-10,17-21,23-24H2,1-3H3. The number of nitrogens with zero attached hydrogens (tertiary/aromatic N) is 2. The second-order valence-corrected chi connectivity index (χ2v) is 13.5. The summed E-state index contributed by atoms with van der Waals surface area (Å²) < 4.78 is 31.5. The third-order valence-electron chi connectivity index (χ3n) is 8.29. The van der Waals surface area contributed by atoms with Gasteiger partial charge in [0.25, 0.3) is 0 Å². The van der Waals surface area contributed by atoms with Crippen molar-refractivity contribution in [2.75, 3.05) is 30.6 Å². The number of benzene rings is 2. The molecule has 4 rings (SSSR count). The van der Waals surface area contributed by atoms with E-state index in [0.29, 0.717) is 29.3 Å². The summed E-state index contributed by atoms with van der Waals surface area (Å²) in [6, 6.07) is 13.8. The van der Waals surface area contributed by atoms with Gasteiger partial charge in [-0.05, 0) is 86.4 Å². The summed E-state index contributed by atoms with van der Waals surface area (Å²) in [4.78, 5) is 18.1. The molecule has 1 aliphatic heterocycles. The predicted octanol–water partition coefficient (Wildman–Crippen LogP) is 6.72. The highest BCUT2D eigenvalue weighted by molar-refractivity contribution is 7.92. The van der Waals surface area contributed by atoms with E-state index in [4.69, 9.17) is 4.74 Å². The van der Waals surface area contributed by atoms with Crippen molar-refractivity contribution in [3.05, 3.63) is 53.6 Å². The molecule has 1 amide bonds. The van der Waals surface area contributed by atoms with Crippen LogP contribution in [-0.4, -0.2) is 56.1 Å². The molecule has 1 heterocycles. The molecule has 2 fully saturated rings. The van der Waals surface area contributed by atoms with Crippen molar-refractivity contribution < 1.29 is 17.9 Å². The lowest BCUT2D eigenvalue weighted by atomic mass is 9.86. The second kappa shape index (κ2) is 14.4. The number of anilines is 1. The first kappa shape index (κ1) is 30.4. The number of unbranched alkanes of at least 4 members (excludes halogenated alkanes) is 1. The number of amides is 1. The molecule has 1 saturated heterocycles. The number of carbonyl (C=O) groups excluding carboxylic acids is 1. The third-order valence-corrected chi connectivity index (χ3v) is 8.90. The number of hydrogen-bond donors (Lipinski definition) is 1. The summed E-state index contributed by atoms with van der Waals surface area (Å²) in [5, 5.41) is 0. The number of sulfonamides is 1. The van der Waals surface area contributed by atoms with Crippen LogP contribution in [-0.2, 0) is 21.4 Å². The molecule has 0 aromatic heterocycles. The molecule has 7 nitrogen and oxygen atoms in total. The lowest BCUT2D eigenvalue weighted by molar-refractivity contribution is -0.136. The molecule has 2 aromatic rings. The molecule has 1 aliphatic carbocycles.